The maximum Gasteiger partial charge on any atom is 0.318 e. The molecule has 1 aromatic heterocycles. The van der Waals surface area contributed by atoms with Crippen molar-refractivity contribution in [3.05, 3.63) is 5.89 Å². The summed E-state index contributed by atoms with van der Waals surface area (Å²) in [5, 5.41) is 11.8. The summed E-state index contributed by atoms with van der Waals surface area (Å²) < 4.78 is 5.83. The molecule has 2 rings (SSSR count). The molecule has 1 fully saturated rings. The second kappa shape index (κ2) is 6.89. The predicted molar refractivity (Wildman–Crippen MR) is 76.2 cm³/mol. The van der Waals surface area contributed by atoms with Crippen LogP contribution in [0.2, 0.25) is 0 Å². The second-order valence-electron chi connectivity index (χ2n) is 5.49. The largest absolute Gasteiger partial charge is 0.406 e. The van der Waals surface area contributed by atoms with Gasteiger partial charge in [0.25, 0.3) is 0 Å². The molecule has 1 N–H and O–H groups in total. The summed E-state index contributed by atoms with van der Waals surface area (Å²) in [5.74, 6) is 1.53. The van der Waals surface area contributed by atoms with Crippen LogP contribution in [-0.4, -0.2) is 29.8 Å². The lowest BCUT2D eigenvalue weighted by Crippen LogP contribution is -2.26. The first-order valence-corrected chi connectivity index (χ1v) is 7.56. The molecule has 1 aromatic rings. The number of aromatic nitrogens is 2. The van der Waals surface area contributed by atoms with Gasteiger partial charge in [0.1, 0.15) is 0 Å². The average Bonchev–Trinajstić information content (AvgIpc) is 3.09. The zero-order valence-electron chi connectivity index (χ0n) is 12.4. The van der Waals surface area contributed by atoms with Crippen molar-refractivity contribution in [1.29, 1.82) is 0 Å². The molecule has 19 heavy (non-hydrogen) atoms. The highest BCUT2D eigenvalue weighted by Gasteiger charge is 2.26. The van der Waals surface area contributed by atoms with Gasteiger partial charge in [-0.05, 0) is 45.1 Å². The molecular weight excluding hydrogens is 240 g/mol. The Balaban J connectivity index is 1.96. The first kappa shape index (κ1) is 14.3. The molecule has 1 aliphatic rings. The number of nitrogens with one attached hydrogen (secondary N) is 1. The Hall–Kier alpha value is -1.10. The van der Waals surface area contributed by atoms with Crippen LogP contribution in [0.15, 0.2) is 4.42 Å². The Labute approximate surface area is 115 Å². The molecule has 0 aliphatic heterocycles. The summed E-state index contributed by atoms with van der Waals surface area (Å²) in [6.45, 7) is 9.43. The van der Waals surface area contributed by atoms with E-state index in [4.69, 9.17) is 4.42 Å². The monoisotopic (exact) mass is 266 g/mol. The van der Waals surface area contributed by atoms with Crippen LogP contribution in [0.3, 0.4) is 0 Å². The van der Waals surface area contributed by atoms with E-state index in [2.05, 4.69) is 41.2 Å². The third-order valence-electron chi connectivity index (χ3n) is 3.44. The molecule has 1 atom stereocenters. The van der Waals surface area contributed by atoms with Crippen molar-refractivity contribution in [1.82, 2.24) is 15.5 Å². The van der Waals surface area contributed by atoms with E-state index in [0.29, 0.717) is 11.9 Å². The van der Waals surface area contributed by atoms with E-state index in [-0.39, 0.29) is 6.04 Å². The molecule has 1 aliphatic carbocycles. The van der Waals surface area contributed by atoms with Gasteiger partial charge in [0.05, 0.1) is 6.04 Å². The van der Waals surface area contributed by atoms with Gasteiger partial charge in [-0.1, -0.05) is 18.9 Å². The van der Waals surface area contributed by atoms with Gasteiger partial charge in [-0.2, -0.15) is 0 Å². The molecule has 0 aromatic carbocycles. The lowest BCUT2D eigenvalue weighted by Gasteiger charge is -2.18. The lowest BCUT2D eigenvalue weighted by atomic mass is 10.3. The topological polar surface area (TPSA) is 54.2 Å². The maximum absolute atomic E-state index is 5.83. The Morgan fingerprint density at radius 2 is 2.11 bits per heavy atom. The van der Waals surface area contributed by atoms with Gasteiger partial charge >= 0.3 is 6.01 Å². The Kier molecular flexibility index (Phi) is 5.19. The first-order chi connectivity index (χ1) is 9.24. The molecule has 5 nitrogen and oxygen atoms in total. The Morgan fingerprint density at radius 1 is 1.32 bits per heavy atom. The number of hydrogen-bond acceptors (Lipinski definition) is 5. The molecular formula is C14H26N4O. The SMILES string of the molecule is CCCNC(C)c1nnc(N(CCC)CC2CC2)o1. The van der Waals surface area contributed by atoms with Crippen LogP contribution in [0.4, 0.5) is 6.01 Å². The van der Waals surface area contributed by atoms with Crippen LogP contribution in [0, 0.1) is 5.92 Å². The average molecular weight is 266 g/mol. The van der Waals surface area contributed by atoms with Crippen molar-refractivity contribution in [2.45, 2.75) is 52.5 Å². The fraction of sp³-hybridized carbons (Fsp3) is 0.857. The fourth-order valence-corrected chi connectivity index (χ4v) is 2.12. The minimum absolute atomic E-state index is 0.130. The third-order valence-corrected chi connectivity index (χ3v) is 3.44. The summed E-state index contributed by atoms with van der Waals surface area (Å²) in [5.41, 5.74) is 0. The predicted octanol–water partition coefficient (Wildman–Crippen LogP) is 2.76. The minimum atomic E-state index is 0.130. The standard InChI is InChI=1S/C14H26N4O/c1-4-8-15-11(3)13-16-17-14(19-13)18(9-5-2)10-12-6-7-12/h11-12,15H,4-10H2,1-3H3. The van der Waals surface area contributed by atoms with E-state index in [9.17, 15) is 0 Å². The molecule has 1 heterocycles. The van der Waals surface area contributed by atoms with Crippen LogP contribution < -0.4 is 10.2 Å². The molecule has 5 heteroatoms. The zero-order valence-corrected chi connectivity index (χ0v) is 12.4. The van der Waals surface area contributed by atoms with E-state index < -0.39 is 0 Å². The number of hydrogen-bond donors (Lipinski definition) is 1. The van der Waals surface area contributed by atoms with Crippen molar-refractivity contribution in [3.8, 4) is 0 Å². The minimum Gasteiger partial charge on any atom is -0.406 e. The van der Waals surface area contributed by atoms with E-state index in [1.807, 2.05) is 0 Å². The summed E-state index contributed by atoms with van der Waals surface area (Å²) in [6, 6.07) is 0.819. The summed E-state index contributed by atoms with van der Waals surface area (Å²) in [7, 11) is 0. The van der Waals surface area contributed by atoms with E-state index >= 15 is 0 Å². The van der Waals surface area contributed by atoms with Crippen LogP contribution in [0.5, 0.6) is 0 Å². The quantitative estimate of drug-likeness (QED) is 0.745. The van der Waals surface area contributed by atoms with Crippen molar-refractivity contribution in [2.24, 2.45) is 5.92 Å². The molecule has 0 amide bonds. The van der Waals surface area contributed by atoms with E-state index in [1.165, 1.54) is 12.8 Å². The van der Waals surface area contributed by atoms with Gasteiger partial charge in [-0.15, -0.1) is 5.10 Å². The van der Waals surface area contributed by atoms with Crippen molar-refractivity contribution < 1.29 is 4.42 Å². The van der Waals surface area contributed by atoms with Crippen molar-refractivity contribution in [3.63, 3.8) is 0 Å². The highest BCUT2D eigenvalue weighted by molar-refractivity contribution is 5.24. The third kappa shape index (κ3) is 4.20. The van der Waals surface area contributed by atoms with E-state index in [1.54, 1.807) is 0 Å². The summed E-state index contributed by atoms with van der Waals surface area (Å²) in [4.78, 5) is 2.24. The molecule has 0 radical (unpaired) electrons. The van der Waals surface area contributed by atoms with Crippen LogP contribution in [0.1, 0.15) is 58.4 Å². The summed E-state index contributed by atoms with van der Waals surface area (Å²) >= 11 is 0. The zero-order chi connectivity index (χ0) is 13.7. The number of anilines is 1. The van der Waals surface area contributed by atoms with Gasteiger partial charge in [0.2, 0.25) is 5.89 Å². The molecule has 0 saturated heterocycles. The number of nitrogens with zero attached hydrogens (tertiary/aromatic N) is 3. The van der Waals surface area contributed by atoms with E-state index in [0.717, 1.165) is 38.4 Å². The molecule has 1 unspecified atom stereocenters. The van der Waals surface area contributed by atoms with Gasteiger partial charge in [0, 0.05) is 13.1 Å². The fourth-order valence-electron chi connectivity index (χ4n) is 2.12. The first-order valence-electron chi connectivity index (χ1n) is 7.56. The van der Waals surface area contributed by atoms with Gasteiger partial charge in [0.15, 0.2) is 0 Å². The molecule has 108 valence electrons. The highest BCUT2D eigenvalue weighted by atomic mass is 16.4. The van der Waals surface area contributed by atoms with Crippen LogP contribution in [0.25, 0.3) is 0 Å². The molecule has 0 bridgehead atoms. The van der Waals surface area contributed by atoms with Crippen LogP contribution >= 0.6 is 0 Å². The Bertz CT molecular complexity index is 375. The molecule has 0 spiro atoms. The van der Waals surface area contributed by atoms with Gasteiger partial charge in [-0.3, -0.25) is 0 Å². The smallest absolute Gasteiger partial charge is 0.318 e. The van der Waals surface area contributed by atoms with Gasteiger partial charge < -0.3 is 14.6 Å². The lowest BCUT2D eigenvalue weighted by molar-refractivity contribution is 0.412. The van der Waals surface area contributed by atoms with Crippen molar-refractivity contribution >= 4 is 6.01 Å². The maximum atomic E-state index is 5.83. The number of rotatable bonds is 9. The van der Waals surface area contributed by atoms with Crippen molar-refractivity contribution in [2.75, 3.05) is 24.5 Å². The Morgan fingerprint density at radius 3 is 2.74 bits per heavy atom. The second-order valence-corrected chi connectivity index (χ2v) is 5.49. The van der Waals surface area contributed by atoms with Gasteiger partial charge in [-0.25, -0.2) is 0 Å². The normalized spacial score (nSPS) is 16.6. The summed E-state index contributed by atoms with van der Waals surface area (Å²) in [6.07, 6.45) is 4.90. The van der Waals surface area contributed by atoms with Crippen LogP contribution in [-0.2, 0) is 0 Å². The highest BCUT2D eigenvalue weighted by Crippen LogP contribution is 2.31. The molecule has 1 saturated carbocycles.